The number of amides is 3. The van der Waals surface area contributed by atoms with E-state index in [1.54, 1.807) is 16.8 Å². The number of hydrogen-bond acceptors (Lipinski definition) is 4. The highest BCUT2D eigenvalue weighted by atomic mass is 16.5. The molecular weight excluding hydrogens is 310 g/mol. The molecule has 8 nitrogen and oxygen atoms in total. The molecule has 2 saturated heterocycles. The molecule has 3 fully saturated rings. The first kappa shape index (κ1) is 15.4. The van der Waals surface area contributed by atoms with Crippen molar-refractivity contribution in [3.8, 4) is 0 Å². The van der Waals surface area contributed by atoms with Crippen LogP contribution in [0.5, 0.6) is 0 Å². The molecule has 1 saturated carbocycles. The van der Waals surface area contributed by atoms with E-state index >= 15 is 0 Å². The summed E-state index contributed by atoms with van der Waals surface area (Å²) in [4.78, 5) is 27.4. The molecule has 0 bridgehead atoms. The third kappa shape index (κ3) is 2.98. The second-order valence-corrected chi connectivity index (χ2v) is 7.14. The number of urea groups is 1. The molecule has 0 aromatic carbocycles. The average Bonchev–Trinajstić information content (AvgIpc) is 3.17. The van der Waals surface area contributed by atoms with E-state index in [2.05, 4.69) is 15.5 Å². The number of likely N-dealkylation sites (N-methyl/N-ethyl adjacent to an activating group) is 1. The van der Waals surface area contributed by atoms with Gasteiger partial charge in [-0.25, -0.2) is 4.79 Å². The number of morpholine rings is 1. The molecule has 4 rings (SSSR count). The van der Waals surface area contributed by atoms with Crippen LogP contribution in [0.25, 0.3) is 0 Å². The monoisotopic (exact) mass is 333 g/mol. The standard InChI is InChI=1S/C16H23N5O3/c1-20-9-16(24-8-14(20)22)4-5-21(10-16)15(23)17-7-12-6-13(19-18-12)11-2-3-11/h6,11H,2-5,7-10H2,1H3,(H,17,23)(H,18,19). The second kappa shape index (κ2) is 5.77. The maximum absolute atomic E-state index is 12.4. The molecule has 1 atom stereocenters. The molecule has 3 amide bonds. The smallest absolute Gasteiger partial charge is 0.317 e. The fourth-order valence-electron chi connectivity index (χ4n) is 3.50. The van der Waals surface area contributed by atoms with Gasteiger partial charge in [0.05, 0.1) is 31.0 Å². The topological polar surface area (TPSA) is 90.6 Å². The number of carbonyl (C=O) groups excluding carboxylic acids is 2. The Balaban J connectivity index is 1.29. The largest absolute Gasteiger partial charge is 0.361 e. The Kier molecular flexibility index (Phi) is 3.71. The molecule has 1 aliphatic carbocycles. The summed E-state index contributed by atoms with van der Waals surface area (Å²) in [5, 5.41) is 10.2. The minimum absolute atomic E-state index is 0.00533. The molecule has 8 heteroatoms. The van der Waals surface area contributed by atoms with Crippen LogP contribution in [0.3, 0.4) is 0 Å². The van der Waals surface area contributed by atoms with Gasteiger partial charge in [0.15, 0.2) is 0 Å². The van der Waals surface area contributed by atoms with Crippen molar-refractivity contribution in [1.82, 2.24) is 25.3 Å². The minimum Gasteiger partial charge on any atom is -0.361 e. The van der Waals surface area contributed by atoms with E-state index in [1.165, 1.54) is 12.8 Å². The lowest BCUT2D eigenvalue weighted by atomic mass is 10.0. The Hall–Kier alpha value is -2.09. The van der Waals surface area contributed by atoms with E-state index in [4.69, 9.17) is 4.74 Å². The second-order valence-electron chi connectivity index (χ2n) is 7.14. The lowest BCUT2D eigenvalue weighted by Gasteiger charge is -2.38. The van der Waals surface area contributed by atoms with Crippen molar-refractivity contribution in [2.75, 3.05) is 33.3 Å². The Morgan fingerprint density at radius 3 is 3.08 bits per heavy atom. The van der Waals surface area contributed by atoms with Crippen molar-refractivity contribution in [2.24, 2.45) is 0 Å². The van der Waals surface area contributed by atoms with Crippen molar-refractivity contribution in [1.29, 1.82) is 0 Å². The van der Waals surface area contributed by atoms with Gasteiger partial charge in [0.1, 0.15) is 12.2 Å². The number of likely N-dealkylation sites (tertiary alicyclic amines) is 1. The Labute approximate surface area is 140 Å². The van der Waals surface area contributed by atoms with E-state index in [0.29, 0.717) is 32.1 Å². The van der Waals surface area contributed by atoms with Crippen LogP contribution in [-0.2, 0) is 16.1 Å². The van der Waals surface area contributed by atoms with E-state index in [0.717, 1.165) is 17.8 Å². The van der Waals surface area contributed by atoms with Gasteiger partial charge in [-0.05, 0) is 25.3 Å². The fraction of sp³-hybridized carbons (Fsp3) is 0.688. The van der Waals surface area contributed by atoms with Crippen molar-refractivity contribution in [2.45, 2.75) is 37.3 Å². The van der Waals surface area contributed by atoms with Gasteiger partial charge < -0.3 is 19.9 Å². The molecule has 2 N–H and O–H groups in total. The first-order valence-corrected chi connectivity index (χ1v) is 8.50. The quantitative estimate of drug-likeness (QED) is 0.839. The third-order valence-electron chi connectivity index (χ3n) is 5.13. The van der Waals surface area contributed by atoms with Crippen LogP contribution in [0.1, 0.15) is 36.6 Å². The number of nitrogens with one attached hydrogen (secondary N) is 2. The van der Waals surface area contributed by atoms with Gasteiger partial charge >= 0.3 is 6.03 Å². The lowest BCUT2D eigenvalue weighted by molar-refractivity contribution is -0.158. The lowest BCUT2D eigenvalue weighted by Crippen LogP contribution is -2.55. The van der Waals surface area contributed by atoms with Gasteiger partial charge in [0.2, 0.25) is 5.91 Å². The molecule has 2 aliphatic heterocycles. The van der Waals surface area contributed by atoms with Crippen molar-refractivity contribution in [3.05, 3.63) is 17.5 Å². The Morgan fingerprint density at radius 1 is 1.50 bits per heavy atom. The maximum atomic E-state index is 12.4. The first-order chi connectivity index (χ1) is 11.5. The van der Waals surface area contributed by atoms with Crippen LogP contribution >= 0.6 is 0 Å². The van der Waals surface area contributed by atoms with Crippen LogP contribution in [0.15, 0.2) is 6.07 Å². The first-order valence-electron chi connectivity index (χ1n) is 8.50. The molecule has 0 radical (unpaired) electrons. The maximum Gasteiger partial charge on any atom is 0.317 e. The highest BCUT2D eigenvalue weighted by molar-refractivity contribution is 5.78. The number of nitrogens with zero attached hydrogens (tertiary/aromatic N) is 3. The summed E-state index contributed by atoms with van der Waals surface area (Å²) >= 11 is 0. The normalized spacial score (nSPS) is 27.1. The molecule has 3 aliphatic rings. The number of hydrogen-bond donors (Lipinski definition) is 2. The van der Waals surface area contributed by atoms with Gasteiger partial charge in [-0.15, -0.1) is 0 Å². The van der Waals surface area contributed by atoms with E-state index in [1.807, 2.05) is 6.07 Å². The SMILES string of the molecule is CN1CC2(CCN(C(=O)NCc3cc(C4CC4)n[nH]3)C2)OCC1=O. The molecular formula is C16H23N5O3. The van der Waals surface area contributed by atoms with Gasteiger partial charge in [0, 0.05) is 19.5 Å². The Morgan fingerprint density at radius 2 is 2.33 bits per heavy atom. The van der Waals surface area contributed by atoms with E-state index in [9.17, 15) is 9.59 Å². The highest BCUT2D eigenvalue weighted by Gasteiger charge is 2.45. The number of H-pyrrole nitrogens is 1. The molecule has 3 heterocycles. The van der Waals surface area contributed by atoms with Gasteiger partial charge in [-0.3, -0.25) is 9.89 Å². The summed E-state index contributed by atoms with van der Waals surface area (Å²) in [7, 11) is 1.78. The number of aromatic nitrogens is 2. The number of aromatic amines is 1. The number of ether oxygens (including phenoxy) is 1. The summed E-state index contributed by atoms with van der Waals surface area (Å²) in [6.45, 7) is 2.25. The Bertz CT molecular complexity index is 656. The highest BCUT2D eigenvalue weighted by Crippen LogP contribution is 2.39. The molecule has 1 unspecified atom stereocenters. The van der Waals surface area contributed by atoms with Crippen LogP contribution in [0.4, 0.5) is 4.79 Å². The summed E-state index contributed by atoms with van der Waals surface area (Å²) < 4.78 is 5.76. The van der Waals surface area contributed by atoms with Crippen LogP contribution in [-0.4, -0.2) is 70.8 Å². The zero-order valence-corrected chi connectivity index (χ0v) is 13.9. The molecule has 130 valence electrons. The van der Waals surface area contributed by atoms with Crippen molar-refractivity contribution >= 4 is 11.9 Å². The van der Waals surface area contributed by atoms with Crippen LogP contribution in [0, 0.1) is 0 Å². The van der Waals surface area contributed by atoms with Crippen molar-refractivity contribution in [3.63, 3.8) is 0 Å². The molecule has 24 heavy (non-hydrogen) atoms. The zero-order chi connectivity index (χ0) is 16.7. The third-order valence-corrected chi connectivity index (χ3v) is 5.13. The van der Waals surface area contributed by atoms with Crippen LogP contribution < -0.4 is 5.32 Å². The number of carbonyl (C=O) groups is 2. The van der Waals surface area contributed by atoms with Gasteiger partial charge in [-0.1, -0.05) is 0 Å². The summed E-state index contributed by atoms with van der Waals surface area (Å²) in [6.07, 6.45) is 3.18. The summed E-state index contributed by atoms with van der Waals surface area (Å²) in [5.41, 5.74) is 1.62. The number of rotatable bonds is 3. The molecule has 1 spiro atoms. The summed E-state index contributed by atoms with van der Waals surface area (Å²) in [5.74, 6) is 0.599. The van der Waals surface area contributed by atoms with Gasteiger partial charge in [-0.2, -0.15) is 5.10 Å². The molecule has 1 aromatic rings. The molecule has 1 aromatic heterocycles. The van der Waals surface area contributed by atoms with E-state index in [-0.39, 0.29) is 18.5 Å². The zero-order valence-electron chi connectivity index (χ0n) is 13.9. The average molecular weight is 333 g/mol. The van der Waals surface area contributed by atoms with Crippen molar-refractivity contribution < 1.29 is 14.3 Å². The van der Waals surface area contributed by atoms with Gasteiger partial charge in [0.25, 0.3) is 0 Å². The predicted molar refractivity (Wildman–Crippen MR) is 85.3 cm³/mol. The van der Waals surface area contributed by atoms with E-state index < -0.39 is 5.60 Å². The predicted octanol–water partition coefficient (Wildman–Crippen LogP) is 0.430. The minimum atomic E-state index is -0.410. The fourth-order valence-corrected chi connectivity index (χ4v) is 3.50. The van der Waals surface area contributed by atoms with Crippen LogP contribution in [0.2, 0.25) is 0 Å². The summed E-state index contributed by atoms with van der Waals surface area (Å²) in [6, 6.07) is 1.94.